The van der Waals surface area contributed by atoms with Gasteiger partial charge < -0.3 is 16.0 Å². The Balaban J connectivity index is 1.87. The molecule has 0 aliphatic heterocycles. The molecule has 0 saturated heterocycles. The van der Waals surface area contributed by atoms with Gasteiger partial charge in [0, 0.05) is 5.69 Å². The van der Waals surface area contributed by atoms with Gasteiger partial charge in [-0.25, -0.2) is 4.98 Å². The van der Waals surface area contributed by atoms with Gasteiger partial charge in [0.05, 0.1) is 17.4 Å². The maximum Gasteiger partial charge on any atom is 0.279 e. The molecule has 3 rings (SSSR count). The Morgan fingerprint density at radius 2 is 1.84 bits per heavy atom. The fourth-order valence-electron chi connectivity index (χ4n) is 3.62. The predicted octanol–water partition coefficient (Wildman–Crippen LogP) is 0.624. The first-order valence-corrected chi connectivity index (χ1v) is 10.3. The molecule has 0 saturated carbocycles. The van der Waals surface area contributed by atoms with Gasteiger partial charge in [-0.05, 0) is 37.1 Å². The highest BCUT2D eigenvalue weighted by Gasteiger charge is 2.20. The van der Waals surface area contributed by atoms with Crippen LogP contribution in [0.3, 0.4) is 0 Å². The molecule has 31 heavy (non-hydrogen) atoms. The van der Waals surface area contributed by atoms with Crippen LogP contribution in [0.5, 0.6) is 0 Å². The van der Waals surface area contributed by atoms with Crippen LogP contribution in [-0.2, 0) is 22.7 Å². The number of hydrogen-bond donors (Lipinski definition) is 3. The average Bonchev–Trinajstić information content (AvgIpc) is 2.72. The molecule has 0 spiro atoms. The predicted molar refractivity (Wildman–Crippen MR) is 120 cm³/mol. The number of fused-ring (bicyclic) bond motifs is 1. The van der Waals surface area contributed by atoms with Gasteiger partial charge in [0.2, 0.25) is 5.91 Å². The normalized spacial score (nSPS) is 11.9. The lowest BCUT2D eigenvalue weighted by Crippen LogP contribution is -3.12. The number of aryl methyl sites for hydroxylation is 1. The van der Waals surface area contributed by atoms with Gasteiger partial charge >= 0.3 is 0 Å². The van der Waals surface area contributed by atoms with Crippen molar-refractivity contribution in [2.45, 2.75) is 33.4 Å². The first-order chi connectivity index (χ1) is 14.9. The van der Waals surface area contributed by atoms with Crippen molar-refractivity contribution in [3.63, 3.8) is 0 Å². The number of nitrogens with two attached hydrogens (primary N) is 1. The number of nitrogens with one attached hydrogen (secondary N) is 2. The van der Waals surface area contributed by atoms with Crippen LogP contribution in [0.4, 0.5) is 5.69 Å². The van der Waals surface area contributed by atoms with Crippen molar-refractivity contribution in [1.29, 1.82) is 0 Å². The van der Waals surface area contributed by atoms with Crippen LogP contribution in [0.25, 0.3) is 10.9 Å². The number of anilines is 1. The first kappa shape index (κ1) is 22.2. The smallest absolute Gasteiger partial charge is 0.279 e. The van der Waals surface area contributed by atoms with E-state index in [-0.39, 0.29) is 24.6 Å². The lowest BCUT2D eigenvalue weighted by Gasteiger charge is -2.20. The molecule has 1 heterocycles. The summed E-state index contributed by atoms with van der Waals surface area (Å²) in [6.45, 7) is 4.96. The SMILES string of the molecule is CCC[NH+](CC(=O)Nc1ccccc1C)Cc1nc2ccccc2c(=O)n1CC(N)=O. The standard InChI is InChI=1S/C23H27N5O3/c1-3-12-27(15-22(30)26-18-10-6-4-8-16(18)2)14-21-25-19-11-7-5-9-17(19)23(31)28(21)13-20(24)29/h4-11H,3,12-15H2,1-2H3,(H2,24,29)(H,26,30)/p+1. The fraction of sp³-hybridized carbons (Fsp3) is 0.304. The summed E-state index contributed by atoms with van der Waals surface area (Å²) < 4.78 is 1.32. The molecule has 0 fully saturated rings. The first-order valence-electron chi connectivity index (χ1n) is 10.3. The molecule has 2 amide bonds. The molecule has 1 aromatic heterocycles. The molecule has 0 radical (unpaired) electrons. The Hall–Kier alpha value is -3.52. The van der Waals surface area contributed by atoms with E-state index in [2.05, 4.69) is 10.3 Å². The van der Waals surface area contributed by atoms with E-state index in [4.69, 9.17) is 5.73 Å². The van der Waals surface area contributed by atoms with Crippen LogP contribution in [0.15, 0.2) is 53.3 Å². The lowest BCUT2D eigenvalue weighted by atomic mass is 10.2. The third kappa shape index (κ3) is 5.55. The Bertz CT molecular complexity index is 1160. The number of carbonyl (C=O) groups is 2. The maximum absolute atomic E-state index is 13.0. The Kier molecular flexibility index (Phi) is 7.15. The van der Waals surface area contributed by atoms with E-state index in [1.54, 1.807) is 18.2 Å². The minimum Gasteiger partial charge on any atom is -0.368 e. The molecule has 8 heteroatoms. The molecule has 162 valence electrons. The highest BCUT2D eigenvalue weighted by Crippen LogP contribution is 2.12. The Morgan fingerprint density at radius 1 is 1.13 bits per heavy atom. The van der Waals surface area contributed by atoms with Crippen molar-refractivity contribution in [3.05, 3.63) is 70.3 Å². The van der Waals surface area contributed by atoms with E-state index in [0.29, 0.717) is 29.8 Å². The van der Waals surface area contributed by atoms with Crippen molar-refractivity contribution in [3.8, 4) is 0 Å². The summed E-state index contributed by atoms with van der Waals surface area (Å²) in [5.74, 6) is -0.299. The summed E-state index contributed by atoms with van der Waals surface area (Å²) in [5.41, 5.74) is 7.39. The average molecular weight is 423 g/mol. The van der Waals surface area contributed by atoms with Gasteiger partial charge in [0.15, 0.2) is 12.4 Å². The molecule has 8 nitrogen and oxygen atoms in total. The van der Waals surface area contributed by atoms with Crippen molar-refractivity contribution < 1.29 is 14.5 Å². The van der Waals surface area contributed by atoms with Gasteiger partial charge in [0.25, 0.3) is 11.5 Å². The van der Waals surface area contributed by atoms with Crippen molar-refractivity contribution in [2.24, 2.45) is 5.73 Å². The second-order valence-corrected chi connectivity index (χ2v) is 7.62. The number of hydrogen-bond acceptors (Lipinski definition) is 4. The van der Waals surface area contributed by atoms with Crippen molar-refractivity contribution in [2.75, 3.05) is 18.4 Å². The molecule has 0 aliphatic rings. The lowest BCUT2D eigenvalue weighted by molar-refractivity contribution is -0.906. The minimum absolute atomic E-state index is 0.123. The number of aromatic nitrogens is 2. The Labute approximate surface area is 180 Å². The molecule has 4 N–H and O–H groups in total. The second kappa shape index (κ2) is 9.99. The molecular formula is C23H28N5O3+. The molecule has 2 aromatic carbocycles. The number of primary amides is 1. The number of para-hydroxylation sites is 2. The summed E-state index contributed by atoms with van der Waals surface area (Å²) >= 11 is 0. The number of quaternary nitrogens is 1. The zero-order valence-electron chi connectivity index (χ0n) is 17.9. The summed E-state index contributed by atoms with van der Waals surface area (Å²) in [6.07, 6.45) is 0.848. The maximum atomic E-state index is 13.0. The summed E-state index contributed by atoms with van der Waals surface area (Å²) in [6, 6.07) is 14.6. The van der Waals surface area contributed by atoms with Crippen molar-refractivity contribution in [1.82, 2.24) is 9.55 Å². The number of benzene rings is 2. The van der Waals surface area contributed by atoms with E-state index >= 15 is 0 Å². The molecule has 3 aromatic rings. The van der Waals surface area contributed by atoms with Gasteiger partial charge in [-0.1, -0.05) is 37.3 Å². The highest BCUT2D eigenvalue weighted by atomic mass is 16.2. The van der Waals surface area contributed by atoms with Gasteiger partial charge in [-0.2, -0.15) is 0 Å². The zero-order valence-corrected chi connectivity index (χ0v) is 17.9. The number of nitrogens with zero attached hydrogens (tertiary/aromatic N) is 2. The van der Waals surface area contributed by atoms with Crippen molar-refractivity contribution >= 4 is 28.4 Å². The number of amides is 2. The largest absolute Gasteiger partial charge is 0.368 e. The zero-order chi connectivity index (χ0) is 22.4. The quantitative estimate of drug-likeness (QED) is 0.469. The van der Waals surface area contributed by atoms with Gasteiger partial charge in [-0.3, -0.25) is 19.0 Å². The van der Waals surface area contributed by atoms with E-state index in [0.717, 1.165) is 22.6 Å². The summed E-state index contributed by atoms with van der Waals surface area (Å²) in [5, 5.41) is 3.38. The minimum atomic E-state index is -0.616. The third-order valence-corrected chi connectivity index (χ3v) is 5.10. The molecule has 1 atom stereocenters. The molecule has 0 bridgehead atoms. The van der Waals surface area contributed by atoms with E-state index < -0.39 is 5.91 Å². The van der Waals surface area contributed by atoms with Crippen LogP contribution >= 0.6 is 0 Å². The second-order valence-electron chi connectivity index (χ2n) is 7.62. The van der Waals surface area contributed by atoms with E-state index in [1.807, 2.05) is 44.2 Å². The molecular weight excluding hydrogens is 394 g/mol. The van der Waals surface area contributed by atoms with Crippen LogP contribution < -0.4 is 21.5 Å². The van der Waals surface area contributed by atoms with Crippen LogP contribution in [0.2, 0.25) is 0 Å². The molecule has 0 aliphatic carbocycles. The monoisotopic (exact) mass is 422 g/mol. The van der Waals surface area contributed by atoms with Crippen LogP contribution in [-0.4, -0.2) is 34.5 Å². The van der Waals surface area contributed by atoms with Gasteiger partial charge in [0.1, 0.15) is 13.1 Å². The topological polar surface area (TPSA) is 112 Å². The number of carbonyl (C=O) groups excluding carboxylic acids is 2. The van der Waals surface area contributed by atoms with Crippen LogP contribution in [0.1, 0.15) is 24.7 Å². The van der Waals surface area contributed by atoms with E-state index in [9.17, 15) is 14.4 Å². The Morgan fingerprint density at radius 3 is 2.55 bits per heavy atom. The van der Waals surface area contributed by atoms with Gasteiger partial charge in [-0.15, -0.1) is 0 Å². The summed E-state index contributed by atoms with van der Waals surface area (Å²) in [7, 11) is 0. The van der Waals surface area contributed by atoms with Crippen LogP contribution in [0, 0.1) is 6.92 Å². The molecule has 1 unspecified atom stereocenters. The fourth-order valence-corrected chi connectivity index (χ4v) is 3.62. The summed E-state index contributed by atoms with van der Waals surface area (Å²) in [4.78, 5) is 42.8. The third-order valence-electron chi connectivity index (χ3n) is 5.10. The number of rotatable bonds is 9. The highest BCUT2D eigenvalue weighted by molar-refractivity contribution is 5.92. The van der Waals surface area contributed by atoms with E-state index in [1.165, 1.54) is 4.57 Å².